The van der Waals surface area contributed by atoms with E-state index in [0.717, 1.165) is 43.7 Å². The molecule has 6 heteroatoms. The van der Waals surface area contributed by atoms with Crippen LogP contribution < -0.4 is 15.4 Å². The number of ether oxygens (including phenoxy) is 2. The number of carbonyl (C=O) groups is 1. The lowest BCUT2D eigenvalue weighted by atomic mass is 9.78. The maximum atomic E-state index is 12.7. The summed E-state index contributed by atoms with van der Waals surface area (Å²) in [7, 11) is 1.67. The maximum absolute atomic E-state index is 12.7. The highest BCUT2D eigenvalue weighted by Crippen LogP contribution is 2.29. The minimum atomic E-state index is -0.394. The van der Waals surface area contributed by atoms with Crippen molar-refractivity contribution in [1.82, 2.24) is 10.6 Å². The highest BCUT2D eigenvalue weighted by atomic mass is 35.5. The van der Waals surface area contributed by atoms with Crippen molar-refractivity contribution in [2.45, 2.75) is 25.9 Å². The number of hydrogen-bond acceptors (Lipinski definition) is 4. The van der Waals surface area contributed by atoms with E-state index in [9.17, 15) is 4.79 Å². The van der Waals surface area contributed by atoms with Gasteiger partial charge in [-0.2, -0.15) is 0 Å². The van der Waals surface area contributed by atoms with E-state index in [1.165, 1.54) is 5.56 Å². The van der Waals surface area contributed by atoms with Gasteiger partial charge in [0.15, 0.2) is 0 Å². The number of hydrogen-bond donors (Lipinski definition) is 2. The zero-order chi connectivity index (χ0) is 19.7. The highest BCUT2D eigenvalue weighted by Gasteiger charge is 2.39. The molecule has 158 valence electrons. The van der Waals surface area contributed by atoms with Gasteiger partial charge in [-0.15, -0.1) is 12.4 Å². The van der Waals surface area contributed by atoms with Gasteiger partial charge in [-0.1, -0.05) is 42.5 Å². The van der Waals surface area contributed by atoms with Crippen molar-refractivity contribution in [2.75, 3.05) is 33.4 Å². The van der Waals surface area contributed by atoms with Crippen molar-refractivity contribution in [3.63, 3.8) is 0 Å². The first-order valence-corrected chi connectivity index (χ1v) is 9.95. The number of piperidine rings is 1. The van der Waals surface area contributed by atoms with E-state index in [4.69, 9.17) is 9.47 Å². The molecular formula is C23H31ClN2O3. The molecule has 29 heavy (non-hydrogen) atoms. The molecule has 2 aromatic carbocycles. The molecule has 0 aromatic heterocycles. The molecule has 2 N–H and O–H groups in total. The summed E-state index contributed by atoms with van der Waals surface area (Å²) in [5, 5.41) is 6.42. The Morgan fingerprint density at radius 3 is 2.38 bits per heavy atom. The van der Waals surface area contributed by atoms with E-state index in [0.29, 0.717) is 19.8 Å². The molecule has 0 radical (unpaired) electrons. The lowest BCUT2D eigenvalue weighted by Gasteiger charge is -2.35. The van der Waals surface area contributed by atoms with E-state index in [1.807, 2.05) is 30.3 Å². The van der Waals surface area contributed by atoms with E-state index >= 15 is 0 Å². The fourth-order valence-electron chi connectivity index (χ4n) is 3.62. The fraction of sp³-hybridized carbons (Fsp3) is 0.435. The second-order valence-corrected chi connectivity index (χ2v) is 7.39. The molecule has 0 aliphatic carbocycles. The summed E-state index contributed by atoms with van der Waals surface area (Å²) in [4.78, 5) is 12.7. The molecule has 5 nitrogen and oxygen atoms in total. The summed E-state index contributed by atoms with van der Waals surface area (Å²) in [6.45, 7) is 3.39. The monoisotopic (exact) mass is 418 g/mol. The first-order valence-electron chi connectivity index (χ1n) is 9.95. The Hall–Kier alpha value is -2.08. The number of nitrogens with one attached hydrogen (secondary N) is 2. The molecule has 1 aliphatic rings. The molecule has 1 saturated heterocycles. The van der Waals surface area contributed by atoms with Crippen molar-refractivity contribution in [3.8, 4) is 5.75 Å². The summed E-state index contributed by atoms with van der Waals surface area (Å²) >= 11 is 0. The zero-order valence-corrected chi connectivity index (χ0v) is 17.8. The third-order valence-corrected chi connectivity index (χ3v) is 5.33. The average molecular weight is 419 g/mol. The van der Waals surface area contributed by atoms with Crippen molar-refractivity contribution < 1.29 is 14.3 Å². The molecule has 1 aliphatic heterocycles. The Bertz CT molecular complexity index is 726. The Kier molecular flexibility index (Phi) is 9.45. The van der Waals surface area contributed by atoms with Gasteiger partial charge in [0.25, 0.3) is 0 Å². The molecule has 1 fully saturated rings. The topological polar surface area (TPSA) is 59.6 Å². The predicted octanol–water partition coefficient (Wildman–Crippen LogP) is 3.36. The van der Waals surface area contributed by atoms with Crippen LogP contribution in [0.3, 0.4) is 0 Å². The van der Waals surface area contributed by atoms with Gasteiger partial charge in [-0.05, 0) is 55.6 Å². The minimum Gasteiger partial charge on any atom is -0.489 e. The molecule has 0 atom stereocenters. The summed E-state index contributed by atoms with van der Waals surface area (Å²) in [6.07, 6.45) is 2.44. The predicted molar refractivity (Wildman–Crippen MR) is 118 cm³/mol. The Morgan fingerprint density at radius 1 is 1.03 bits per heavy atom. The standard InChI is InChI=1S/C23H30N2O3.ClH/c1-27-18-23(12-15-24-16-13-23)22(26)25-14-11-19-7-9-21(10-8-19)28-17-20-5-3-2-4-6-20;/h2-10,24H,11-18H2,1H3,(H,25,26);1H. The van der Waals surface area contributed by atoms with Gasteiger partial charge in [0, 0.05) is 13.7 Å². The fourth-order valence-corrected chi connectivity index (χ4v) is 3.62. The normalized spacial score (nSPS) is 15.2. The van der Waals surface area contributed by atoms with Crippen molar-refractivity contribution in [2.24, 2.45) is 5.41 Å². The summed E-state index contributed by atoms with van der Waals surface area (Å²) in [5.41, 5.74) is 1.94. The summed E-state index contributed by atoms with van der Waals surface area (Å²) in [5.74, 6) is 0.962. The summed E-state index contributed by atoms with van der Waals surface area (Å²) < 4.78 is 11.2. The van der Waals surface area contributed by atoms with Gasteiger partial charge < -0.3 is 20.1 Å². The molecule has 2 aromatic rings. The Morgan fingerprint density at radius 2 is 1.72 bits per heavy atom. The molecule has 0 saturated carbocycles. The number of methoxy groups -OCH3 is 1. The van der Waals surface area contributed by atoms with Crippen LogP contribution in [-0.4, -0.2) is 39.3 Å². The quantitative estimate of drug-likeness (QED) is 0.655. The van der Waals surface area contributed by atoms with E-state index < -0.39 is 5.41 Å². The van der Waals surface area contributed by atoms with Crippen molar-refractivity contribution in [3.05, 3.63) is 65.7 Å². The second-order valence-electron chi connectivity index (χ2n) is 7.39. The van der Waals surface area contributed by atoms with E-state index in [1.54, 1.807) is 7.11 Å². The van der Waals surface area contributed by atoms with Crippen LogP contribution in [0.4, 0.5) is 0 Å². The zero-order valence-electron chi connectivity index (χ0n) is 17.0. The molecule has 0 bridgehead atoms. The molecular weight excluding hydrogens is 388 g/mol. The lowest BCUT2D eigenvalue weighted by molar-refractivity contribution is -0.136. The largest absolute Gasteiger partial charge is 0.489 e. The lowest BCUT2D eigenvalue weighted by Crippen LogP contribution is -2.50. The van der Waals surface area contributed by atoms with Crippen LogP contribution in [0.1, 0.15) is 24.0 Å². The Labute approximate surface area is 179 Å². The number of amides is 1. The van der Waals surface area contributed by atoms with Gasteiger partial charge in [0.2, 0.25) is 5.91 Å². The summed E-state index contributed by atoms with van der Waals surface area (Å²) in [6, 6.07) is 18.2. The molecule has 3 rings (SSSR count). The van der Waals surface area contributed by atoms with E-state index in [2.05, 4.69) is 34.9 Å². The minimum absolute atomic E-state index is 0. The van der Waals surface area contributed by atoms with Crippen LogP contribution in [0.2, 0.25) is 0 Å². The average Bonchev–Trinajstić information content (AvgIpc) is 2.75. The van der Waals surface area contributed by atoms with Gasteiger partial charge in [0.05, 0.1) is 12.0 Å². The number of halogens is 1. The molecule has 1 amide bonds. The van der Waals surface area contributed by atoms with Gasteiger partial charge in [0.1, 0.15) is 12.4 Å². The second kappa shape index (κ2) is 11.8. The van der Waals surface area contributed by atoms with Crippen LogP contribution >= 0.6 is 12.4 Å². The first-order chi connectivity index (χ1) is 13.7. The van der Waals surface area contributed by atoms with Crippen molar-refractivity contribution >= 4 is 18.3 Å². The number of benzene rings is 2. The van der Waals surface area contributed by atoms with Crippen LogP contribution in [0.25, 0.3) is 0 Å². The van der Waals surface area contributed by atoms with Crippen molar-refractivity contribution in [1.29, 1.82) is 0 Å². The number of rotatable bonds is 9. The van der Waals surface area contributed by atoms with Crippen LogP contribution in [0, 0.1) is 5.41 Å². The third kappa shape index (κ3) is 6.74. The molecule has 0 spiro atoms. The molecule has 0 unspecified atom stereocenters. The SMILES string of the molecule is COCC1(C(=O)NCCc2ccc(OCc3ccccc3)cc2)CCNCC1.Cl. The van der Waals surface area contributed by atoms with Crippen LogP contribution in [0.5, 0.6) is 5.75 Å². The van der Waals surface area contributed by atoms with Crippen LogP contribution in [0.15, 0.2) is 54.6 Å². The third-order valence-electron chi connectivity index (χ3n) is 5.33. The Balaban J connectivity index is 0.00000300. The molecule has 1 heterocycles. The van der Waals surface area contributed by atoms with Crippen LogP contribution in [-0.2, 0) is 22.6 Å². The highest BCUT2D eigenvalue weighted by molar-refractivity contribution is 5.85. The van der Waals surface area contributed by atoms with Gasteiger partial charge >= 0.3 is 0 Å². The van der Waals surface area contributed by atoms with E-state index in [-0.39, 0.29) is 18.3 Å². The number of carbonyl (C=O) groups excluding carboxylic acids is 1. The van der Waals surface area contributed by atoms with Gasteiger partial charge in [-0.3, -0.25) is 4.79 Å². The van der Waals surface area contributed by atoms with Gasteiger partial charge in [-0.25, -0.2) is 0 Å². The maximum Gasteiger partial charge on any atom is 0.228 e. The smallest absolute Gasteiger partial charge is 0.228 e. The first kappa shape index (κ1) is 23.2.